The molecular weight excluding hydrogens is 277 g/mol. The minimum atomic E-state index is -0.0372. The summed E-state index contributed by atoms with van der Waals surface area (Å²) in [7, 11) is 0. The van der Waals surface area contributed by atoms with Gasteiger partial charge < -0.3 is 5.11 Å². The molecule has 0 radical (unpaired) electrons. The zero-order valence-electron chi connectivity index (χ0n) is 8.73. The highest BCUT2D eigenvalue weighted by Gasteiger charge is 2.06. The molecule has 0 saturated carbocycles. The number of halogens is 2. The van der Waals surface area contributed by atoms with Crippen molar-refractivity contribution in [3.8, 4) is 0 Å². The summed E-state index contributed by atoms with van der Waals surface area (Å²) < 4.78 is 0. The first-order valence-corrected chi connectivity index (χ1v) is 6.45. The number of aromatic nitrogens is 1. The molecule has 0 fully saturated rings. The zero-order chi connectivity index (χ0) is 12.3. The summed E-state index contributed by atoms with van der Waals surface area (Å²) in [6.07, 6.45) is 1.69. The van der Waals surface area contributed by atoms with Gasteiger partial charge in [-0.3, -0.25) is 0 Å². The predicted molar refractivity (Wildman–Crippen MR) is 70.7 cm³/mol. The number of hydrogen-bond donors (Lipinski definition) is 1. The highest BCUT2D eigenvalue weighted by molar-refractivity contribution is 7.99. The SMILES string of the molecule is OCc1cccnc1Sc1cc(Cl)cc(Cl)c1. The molecule has 0 atom stereocenters. The number of aliphatic hydroxyl groups excluding tert-OH is 1. The molecule has 88 valence electrons. The van der Waals surface area contributed by atoms with Gasteiger partial charge in [0.05, 0.1) is 6.61 Å². The normalized spacial score (nSPS) is 10.5. The van der Waals surface area contributed by atoms with E-state index in [0.29, 0.717) is 10.0 Å². The fourth-order valence-corrected chi connectivity index (χ4v) is 2.96. The number of hydrogen-bond acceptors (Lipinski definition) is 3. The quantitative estimate of drug-likeness (QED) is 0.924. The second-order valence-corrected chi connectivity index (χ2v) is 5.27. The fourth-order valence-electron chi connectivity index (χ4n) is 1.34. The molecule has 2 rings (SSSR count). The van der Waals surface area contributed by atoms with Crippen molar-refractivity contribution in [2.75, 3.05) is 0 Å². The molecular formula is C12H9Cl2NOS. The van der Waals surface area contributed by atoms with Crippen LogP contribution in [0, 0.1) is 0 Å². The third-order valence-electron chi connectivity index (χ3n) is 2.07. The number of rotatable bonds is 3. The minimum absolute atomic E-state index is 0.0372. The Morgan fingerprint density at radius 1 is 1.18 bits per heavy atom. The molecule has 0 amide bonds. The van der Waals surface area contributed by atoms with Gasteiger partial charge in [-0.05, 0) is 24.3 Å². The van der Waals surface area contributed by atoms with E-state index < -0.39 is 0 Å². The molecule has 0 aliphatic heterocycles. The Morgan fingerprint density at radius 3 is 2.53 bits per heavy atom. The van der Waals surface area contributed by atoms with Crippen LogP contribution in [0.4, 0.5) is 0 Å². The van der Waals surface area contributed by atoms with Crippen molar-refractivity contribution in [1.29, 1.82) is 0 Å². The van der Waals surface area contributed by atoms with E-state index in [4.69, 9.17) is 23.2 Å². The first kappa shape index (κ1) is 12.7. The van der Waals surface area contributed by atoms with E-state index in [0.717, 1.165) is 15.5 Å². The van der Waals surface area contributed by atoms with Gasteiger partial charge in [-0.15, -0.1) is 0 Å². The van der Waals surface area contributed by atoms with Crippen LogP contribution < -0.4 is 0 Å². The van der Waals surface area contributed by atoms with Crippen molar-refractivity contribution < 1.29 is 5.11 Å². The van der Waals surface area contributed by atoms with Crippen molar-refractivity contribution in [3.63, 3.8) is 0 Å². The third-order valence-corrected chi connectivity index (χ3v) is 3.54. The Morgan fingerprint density at radius 2 is 1.88 bits per heavy atom. The lowest BCUT2D eigenvalue weighted by Gasteiger charge is -2.06. The summed E-state index contributed by atoms with van der Waals surface area (Å²) in [5, 5.41) is 11.1. The molecule has 2 aromatic rings. The summed E-state index contributed by atoms with van der Waals surface area (Å²) in [4.78, 5) is 5.12. The van der Waals surface area contributed by atoms with Crippen LogP contribution in [0.25, 0.3) is 0 Å². The van der Waals surface area contributed by atoms with E-state index in [1.807, 2.05) is 18.2 Å². The average molecular weight is 286 g/mol. The second-order valence-electron chi connectivity index (χ2n) is 3.33. The van der Waals surface area contributed by atoms with Crippen molar-refractivity contribution in [2.45, 2.75) is 16.5 Å². The molecule has 5 heteroatoms. The lowest BCUT2D eigenvalue weighted by Crippen LogP contribution is -1.90. The monoisotopic (exact) mass is 285 g/mol. The first-order valence-electron chi connectivity index (χ1n) is 4.88. The highest BCUT2D eigenvalue weighted by Crippen LogP contribution is 2.32. The van der Waals surface area contributed by atoms with Crippen LogP contribution in [-0.2, 0) is 6.61 Å². The van der Waals surface area contributed by atoms with Crippen LogP contribution in [0.2, 0.25) is 10.0 Å². The standard InChI is InChI=1S/C12H9Cl2NOS/c13-9-4-10(14)6-11(5-9)17-12-8(7-16)2-1-3-15-12/h1-6,16H,7H2. The maximum absolute atomic E-state index is 9.20. The van der Waals surface area contributed by atoms with Crippen molar-refractivity contribution >= 4 is 35.0 Å². The van der Waals surface area contributed by atoms with Crippen LogP contribution >= 0.6 is 35.0 Å². The maximum atomic E-state index is 9.20. The topological polar surface area (TPSA) is 33.1 Å². The lowest BCUT2D eigenvalue weighted by molar-refractivity contribution is 0.278. The third kappa shape index (κ3) is 3.36. The van der Waals surface area contributed by atoms with E-state index in [1.165, 1.54) is 11.8 Å². The van der Waals surface area contributed by atoms with Crippen molar-refractivity contribution in [3.05, 3.63) is 52.1 Å². The van der Waals surface area contributed by atoms with Gasteiger partial charge in [0.25, 0.3) is 0 Å². The van der Waals surface area contributed by atoms with Gasteiger partial charge in [0.1, 0.15) is 5.03 Å². The van der Waals surface area contributed by atoms with Gasteiger partial charge in [-0.1, -0.05) is 41.0 Å². The molecule has 0 aliphatic rings. The molecule has 2 nitrogen and oxygen atoms in total. The first-order chi connectivity index (χ1) is 8.19. The molecule has 17 heavy (non-hydrogen) atoms. The molecule has 0 spiro atoms. The summed E-state index contributed by atoms with van der Waals surface area (Å²) in [5.41, 5.74) is 0.786. The van der Waals surface area contributed by atoms with Gasteiger partial charge in [-0.25, -0.2) is 4.98 Å². The van der Waals surface area contributed by atoms with Crippen LogP contribution in [0.3, 0.4) is 0 Å². The molecule has 1 aromatic carbocycles. The lowest BCUT2D eigenvalue weighted by atomic mass is 10.3. The summed E-state index contributed by atoms with van der Waals surface area (Å²) in [6, 6.07) is 8.93. The Bertz CT molecular complexity index is 513. The smallest absolute Gasteiger partial charge is 0.106 e. The van der Waals surface area contributed by atoms with E-state index in [-0.39, 0.29) is 6.61 Å². The van der Waals surface area contributed by atoms with Crippen LogP contribution in [0.5, 0.6) is 0 Å². The molecule has 1 heterocycles. The zero-order valence-corrected chi connectivity index (χ0v) is 11.1. The fraction of sp³-hybridized carbons (Fsp3) is 0.0833. The highest BCUT2D eigenvalue weighted by atomic mass is 35.5. The van der Waals surface area contributed by atoms with Crippen LogP contribution in [0.1, 0.15) is 5.56 Å². The van der Waals surface area contributed by atoms with E-state index >= 15 is 0 Å². The Kier molecular flexibility index (Phi) is 4.29. The molecule has 0 aliphatic carbocycles. The van der Waals surface area contributed by atoms with Crippen LogP contribution in [0.15, 0.2) is 46.5 Å². The number of aliphatic hydroxyl groups is 1. The Labute approximate surface area is 114 Å². The number of pyridine rings is 1. The Balaban J connectivity index is 2.31. The largest absolute Gasteiger partial charge is 0.392 e. The molecule has 0 saturated heterocycles. The van der Waals surface area contributed by atoms with Gasteiger partial charge in [0.15, 0.2) is 0 Å². The maximum Gasteiger partial charge on any atom is 0.106 e. The molecule has 1 N–H and O–H groups in total. The molecule has 0 unspecified atom stereocenters. The Hall–Kier alpha value is -0.740. The summed E-state index contributed by atoms with van der Waals surface area (Å²) >= 11 is 13.3. The van der Waals surface area contributed by atoms with E-state index in [2.05, 4.69) is 4.98 Å². The minimum Gasteiger partial charge on any atom is -0.392 e. The van der Waals surface area contributed by atoms with Crippen LogP contribution in [-0.4, -0.2) is 10.1 Å². The van der Waals surface area contributed by atoms with Gasteiger partial charge in [-0.2, -0.15) is 0 Å². The number of benzene rings is 1. The van der Waals surface area contributed by atoms with Gasteiger partial charge in [0, 0.05) is 26.7 Å². The predicted octanol–water partition coefficient (Wildman–Crippen LogP) is 4.03. The summed E-state index contributed by atoms with van der Waals surface area (Å²) in [5.74, 6) is 0. The van der Waals surface area contributed by atoms with Gasteiger partial charge in [0.2, 0.25) is 0 Å². The van der Waals surface area contributed by atoms with Gasteiger partial charge >= 0.3 is 0 Å². The summed E-state index contributed by atoms with van der Waals surface area (Å²) in [6.45, 7) is -0.0372. The molecule has 0 bridgehead atoms. The average Bonchev–Trinajstić information content (AvgIpc) is 2.28. The molecule has 1 aromatic heterocycles. The van der Waals surface area contributed by atoms with E-state index in [1.54, 1.807) is 18.3 Å². The van der Waals surface area contributed by atoms with Crippen molar-refractivity contribution in [1.82, 2.24) is 4.98 Å². The second kappa shape index (κ2) is 5.74. The van der Waals surface area contributed by atoms with Crippen molar-refractivity contribution in [2.24, 2.45) is 0 Å². The number of nitrogens with zero attached hydrogens (tertiary/aromatic N) is 1. The van der Waals surface area contributed by atoms with E-state index in [9.17, 15) is 5.11 Å².